The Labute approximate surface area is 170 Å². The Hall–Kier alpha value is -3.56. The van der Waals surface area contributed by atoms with Gasteiger partial charge in [-0.1, -0.05) is 6.92 Å². The maximum atomic E-state index is 12.7. The molecule has 1 amide bonds. The van der Waals surface area contributed by atoms with Crippen molar-refractivity contribution in [3.63, 3.8) is 0 Å². The normalized spacial score (nSPS) is 11.2. The third-order valence-corrected chi connectivity index (χ3v) is 4.19. The minimum absolute atomic E-state index is 0.295. The first-order chi connectivity index (χ1) is 14.3. The number of nitrogens with one attached hydrogen (secondary N) is 2. The molecule has 0 fully saturated rings. The van der Waals surface area contributed by atoms with E-state index in [0.29, 0.717) is 28.3 Å². The predicted molar refractivity (Wildman–Crippen MR) is 106 cm³/mol. The van der Waals surface area contributed by atoms with Crippen molar-refractivity contribution in [1.82, 2.24) is 15.2 Å². The van der Waals surface area contributed by atoms with Gasteiger partial charge in [0.05, 0.1) is 11.3 Å². The molecule has 7 nitrogen and oxygen atoms in total. The highest BCUT2D eigenvalue weighted by molar-refractivity contribution is 6.05. The van der Waals surface area contributed by atoms with Gasteiger partial charge in [0.2, 0.25) is 0 Å². The number of carbonyl (C=O) groups excluding carboxylic acids is 1. The SMILES string of the molecule is CCCN(C)c1ncc(C(=O)Nc2ccc(OC(F)(F)F)cc2)cc1-c1ccn[nH]1. The quantitative estimate of drug-likeness (QED) is 0.591. The van der Waals surface area contributed by atoms with Gasteiger partial charge in [0.25, 0.3) is 5.91 Å². The smallest absolute Gasteiger partial charge is 0.406 e. The molecule has 0 aliphatic carbocycles. The number of aromatic amines is 1. The number of ether oxygens (including phenoxy) is 1. The van der Waals surface area contributed by atoms with Crippen LogP contribution in [0.15, 0.2) is 48.8 Å². The van der Waals surface area contributed by atoms with Gasteiger partial charge in [0, 0.05) is 37.2 Å². The van der Waals surface area contributed by atoms with Crippen LogP contribution in [-0.4, -0.2) is 41.0 Å². The molecule has 2 N–H and O–H groups in total. The van der Waals surface area contributed by atoms with E-state index in [0.717, 1.165) is 25.1 Å². The van der Waals surface area contributed by atoms with Gasteiger partial charge in [-0.25, -0.2) is 4.98 Å². The van der Waals surface area contributed by atoms with E-state index in [2.05, 4.69) is 32.2 Å². The van der Waals surface area contributed by atoms with Gasteiger partial charge in [0.15, 0.2) is 0 Å². The fourth-order valence-corrected chi connectivity index (χ4v) is 2.87. The van der Waals surface area contributed by atoms with Gasteiger partial charge in [0.1, 0.15) is 11.6 Å². The van der Waals surface area contributed by atoms with Crippen LogP contribution in [-0.2, 0) is 0 Å². The van der Waals surface area contributed by atoms with Crippen molar-refractivity contribution in [3.8, 4) is 17.0 Å². The molecule has 30 heavy (non-hydrogen) atoms. The molecule has 0 bridgehead atoms. The molecule has 3 aromatic rings. The summed E-state index contributed by atoms with van der Waals surface area (Å²) in [5.41, 5.74) is 2.04. The predicted octanol–water partition coefficient (Wildman–Crippen LogP) is 4.47. The summed E-state index contributed by atoms with van der Waals surface area (Å²) in [4.78, 5) is 19.1. The summed E-state index contributed by atoms with van der Waals surface area (Å²) < 4.78 is 40.6. The average Bonchev–Trinajstić information content (AvgIpc) is 3.23. The number of hydrogen-bond acceptors (Lipinski definition) is 5. The summed E-state index contributed by atoms with van der Waals surface area (Å²) in [5, 5.41) is 9.47. The minimum Gasteiger partial charge on any atom is -0.406 e. The number of benzene rings is 1. The maximum Gasteiger partial charge on any atom is 0.573 e. The van der Waals surface area contributed by atoms with Crippen LogP contribution < -0.4 is 15.0 Å². The molecule has 2 heterocycles. The van der Waals surface area contributed by atoms with Crippen molar-refractivity contribution in [2.45, 2.75) is 19.7 Å². The van der Waals surface area contributed by atoms with E-state index in [-0.39, 0.29) is 5.75 Å². The number of aromatic nitrogens is 3. The van der Waals surface area contributed by atoms with Gasteiger partial charge >= 0.3 is 6.36 Å². The van der Waals surface area contributed by atoms with E-state index < -0.39 is 12.3 Å². The van der Waals surface area contributed by atoms with Crippen molar-refractivity contribution in [1.29, 1.82) is 0 Å². The maximum absolute atomic E-state index is 12.7. The summed E-state index contributed by atoms with van der Waals surface area (Å²) >= 11 is 0. The molecule has 158 valence electrons. The molecule has 10 heteroatoms. The number of amides is 1. The molecule has 3 rings (SSSR count). The highest BCUT2D eigenvalue weighted by Gasteiger charge is 2.31. The summed E-state index contributed by atoms with van der Waals surface area (Å²) in [5.74, 6) is -0.115. The lowest BCUT2D eigenvalue weighted by Crippen LogP contribution is -2.21. The fourth-order valence-electron chi connectivity index (χ4n) is 2.87. The number of halogens is 3. The van der Waals surface area contributed by atoms with E-state index in [4.69, 9.17) is 0 Å². The van der Waals surface area contributed by atoms with Crippen LogP contribution in [0.1, 0.15) is 23.7 Å². The lowest BCUT2D eigenvalue weighted by Gasteiger charge is -2.20. The van der Waals surface area contributed by atoms with Crippen LogP contribution in [0.4, 0.5) is 24.7 Å². The van der Waals surface area contributed by atoms with E-state index in [1.54, 1.807) is 18.3 Å². The van der Waals surface area contributed by atoms with Crippen molar-refractivity contribution in [3.05, 3.63) is 54.4 Å². The molecular weight excluding hydrogens is 399 g/mol. The Balaban J connectivity index is 1.81. The highest BCUT2D eigenvalue weighted by Crippen LogP contribution is 2.29. The molecule has 0 radical (unpaired) electrons. The number of nitrogens with zero attached hydrogens (tertiary/aromatic N) is 3. The second-order valence-electron chi connectivity index (χ2n) is 6.51. The number of carbonyl (C=O) groups is 1. The topological polar surface area (TPSA) is 83.1 Å². The zero-order chi connectivity index (χ0) is 21.7. The summed E-state index contributed by atoms with van der Waals surface area (Å²) in [6, 6.07) is 8.37. The highest BCUT2D eigenvalue weighted by atomic mass is 19.4. The van der Waals surface area contributed by atoms with E-state index in [1.807, 2.05) is 11.9 Å². The molecule has 0 saturated heterocycles. The molecule has 1 aromatic carbocycles. The molecule has 0 aliphatic rings. The fraction of sp³-hybridized carbons (Fsp3) is 0.250. The lowest BCUT2D eigenvalue weighted by atomic mass is 10.1. The van der Waals surface area contributed by atoms with Crippen LogP contribution in [0, 0.1) is 0 Å². The van der Waals surface area contributed by atoms with Crippen LogP contribution in [0.25, 0.3) is 11.3 Å². The molecular formula is C20H20F3N5O2. The second kappa shape index (κ2) is 8.85. The Kier molecular flexibility index (Phi) is 6.24. The summed E-state index contributed by atoms with van der Waals surface area (Å²) in [7, 11) is 1.91. The zero-order valence-corrected chi connectivity index (χ0v) is 16.3. The molecule has 0 saturated carbocycles. The van der Waals surface area contributed by atoms with Crippen molar-refractivity contribution in [2.24, 2.45) is 0 Å². The largest absolute Gasteiger partial charge is 0.573 e. The monoisotopic (exact) mass is 419 g/mol. The van der Waals surface area contributed by atoms with Crippen molar-refractivity contribution < 1.29 is 22.7 Å². The Morgan fingerprint density at radius 3 is 2.57 bits per heavy atom. The van der Waals surface area contributed by atoms with E-state index in [1.165, 1.54) is 18.3 Å². The number of rotatable bonds is 7. The van der Waals surface area contributed by atoms with E-state index in [9.17, 15) is 18.0 Å². The van der Waals surface area contributed by atoms with E-state index >= 15 is 0 Å². The average molecular weight is 419 g/mol. The van der Waals surface area contributed by atoms with Gasteiger partial charge in [-0.15, -0.1) is 13.2 Å². The molecule has 0 aliphatic heterocycles. The summed E-state index contributed by atoms with van der Waals surface area (Å²) in [6.07, 6.45) is -0.781. The third-order valence-electron chi connectivity index (χ3n) is 4.19. The first kappa shape index (κ1) is 21.2. The number of hydrogen-bond donors (Lipinski definition) is 2. The zero-order valence-electron chi connectivity index (χ0n) is 16.3. The standard InChI is InChI=1S/C20H20F3N5O2/c1-3-10-28(2)18-16(17-8-9-25-27-17)11-13(12-24-18)19(29)26-14-4-6-15(7-5-14)30-20(21,22)23/h4-9,11-12H,3,10H2,1-2H3,(H,25,27)(H,26,29). The third kappa shape index (κ3) is 5.28. The first-order valence-corrected chi connectivity index (χ1v) is 9.15. The Bertz CT molecular complexity index is 989. The van der Waals surface area contributed by atoms with Crippen molar-refractivity contribution >= 4 is 17.4 Å². The number of anilines is 2. The van der Waals surface area contributed by atoms with Gasteiger partial charge < -0.3 is 15.0 Å². The molecule has 2 aromatic heterocycles. The number of pyridine rings is 1. The van der Waals surface area contributed by atoms with Gasteiger partial charge in [-0.05, 0) is 42.8 Å². The lowest BCUT2D eigenvalue weighted by molar-refractivity contribution is -0.274. The van der Waals surface area contributed by atoms with Gasteiger partial charge in [-0.3, -0.25) is 9.89 Å². The Morgan fingerprint density at radius 2 is 1.97 bits per heavy atom. The molecule has 0 spiro atoms. The minimum atomic E-state index is -4.77. The van der Waals surface area contributed by atoms with Crippen LogP contribution >= 0.6 is 0 Å². The first-order valence-electron chi connectivity index (χ1n) is 9.15. The summed E-state index contributed by atoms with van der Waals surface area (Å²) in [6.45, 7) is 2.84. The van der Waals surface area contributed by atoms with Crippen LogP contribution in [0.3, 0.4) is 0 Å². The van der Waals surface area contributed by atoms with Crippen LogP contribution in [0.5, 0.6) is 5.75 Å². The van der Waals surface area contributed by atoms with Gasteiger partial charge in [-0.2, -0.15) is 5.10 Å². The second-order valence-corrected chi connectivity index (χ2v) is 6.51. The van der Waals surface area contributed by atoms with Crippen molar-refractivity contribution in [2.75, 3.05) is 23.8 Å². The number of H-pyrrole nitrogens is 1. The van der Waals surface area contributed by atoms with Crippen LogP contribution in [0.2, 0.25) is 0 Å². The molecule has 0 atom stereocenters. The Morgan fingerprint density at radius 1 is 1.23 bits per heavy atom. The number of alkyl halides is 3. The molecule has 0 unspecified atom stereocenters.